The Labute approximate surface area is 295 Å². The molecule has 0 atom stereocenters. The number of fused-ring (bicyclic) bond motifs is 7. The highest BCUT2D eigenvalue weighted by molar-refractivity contribution is 6.24. The lowest BCUT2D eigenvalue weighted by molar-refractivity contribution is 1.08. The van der Waals surface area contributed by atoms with E-state index < -0.39 is 0 Å². The van der Waals surface area contributed by atoms with E-state index in [1.165, 1.54) is 38.1 Å². The quantitative estimate of drug-likeness (QED) is 0.185. The summed E-state index contributed by atoms with van der Waals surface area (Å²) in [6.45, 7) is 2.19. The summed E-state index contributed by atoms with van der Waals surface area (Å²) in [7, 11) is 0. The van der Waals surface area contributed by atoms with E-state index in [4.69, 9.17) is 9.97 Å². The fourth-order valence-corrected chi connectivity index (χ4v) is 7.81. The molecule has 6 aromatic carbocycles. The molecule has 240 valence electrons. The zero-order valence-electron chi connectivity index (χ0n) is 28.0. The second-order valence-electron chi connectivity index (χ2n) is 13.1. The van der Waals surface area contributed by atoms with Gasteiger partial charge in [-0.25, -0.2) is 9.97 Å². The third kappa shape index (κ3) is 4.61. The van der Waals surface area contributed by atoms with Crippen molar-refractivity contribution in [3.05, 3.63) is 182 Å². The van der Waals surface area contributed by atoms with Crippen LogP contribution >= 0.6 is 0 Å². The zero-order valence-corrected chi connectivity index (χ0v) is 28.0. The predicted octanol–water partition coefficient (Wildman–Crippen LogP) is 12.0. The van der Waals surface area contributed by atoms with Gasteiger partial charge in [0.15, 0.2) is 0 Å². The Morgan fingerprint density at radius 1 is 0.471 bits per heavy atom. The van der Waals surface area contributed by atoms with Gasteiger partial charge >= 0.3 is 0 Å². The lowest BCUT2D eigenvalue weighted by Crippen LogP contribution is -1.97. The molecule has 0 aliphatic rings. The molecule has 4 heterocycles. The van der Waals surface area contributed by atoms with Gasteiger partial charge < -0.3 is 4.57 Å². The maximum Gasteiger partial charge on any atom is 0.137 e. The standard InChI is InChI=1S/C47H32N4/c1-31-40(30-41(34-15-4-2-5-16-34)49-44(31)35-17-6-3-7-18-35)33-23-26-36(27-24-33)50-45-37-19-9-8-14-32(37)25-28-39(45)47-46(50)38-20-10-11-21-42(38)51(47)43-22-12-13-29-48-43/h2-30H,1H3. The Balaban J connectivity index is 1.24. The van der Waals surface area contributed by atoms with E-state index in [0.29, 0.717) is 0 Å². The molecule has 0 bridgehead atoms. The van der Waals surface area contributed by atoms with Crippen molar-refractivity contribution in [2.45, 2.75) is 6.92 Å². The fourth-order valence-electron chi connectivity index (χ4n) is 7.81. The lowest BCUT2D eigenvalue weighted by atomic mass is 9.94. The van der Waals surface area contributed by atoms with Gasteiger partial charge in [-0.15, -0.1) is 0 Å². The van der Waals surface area contributed by atoms with Crippen molar-refractivity contribution in [2.24, 2.45) is 0 Å². The van der Waals surface area contributed by atoms with Crippen molar-refractivity contribution in [2.75, 3.05) is 0 Å². The summed E-state index contributed by atoms with van der Waals surface area (Å²) in [5, 5.41) is 4.81. The Morgan fingerprint density at radius 2 is 1.14 bits per heavy atom. The van der Waals surface area contributed by atoms with Crippen molar-refractivity contribution in [3.63, 3.8) is 0 Å². The topological polar surface area (TPSA) is 35.6 Å². The molecule has 10 rings (SSSR count). The van der Waals surface area contributed by atoms with Crippen molar-refractivity contribution in [1.82, 2.24) is 19.1 Å². The van der Waals surface area contributed by atoms with E-state index in [1.54, 1.807) is 0 Å². The smallest absolute Gasteiger partial charge is 0.137 e. The molecule has 4 nitrogen and oxygen atoms in total. The zero-order chi connectivity index (χ0) is 33.9. The molecule has 51 heavy (non-hydrogen) atoms. The number of nitrogens with zero attached hydrogens (tertiary/aromatic N) is 4. The van der Waals surface area contributed by atoms with Gasteiger partial charge in [-0.3, -0.25) is 4.57 Å². The molecule has 0 saturated carbocycles. The molecule has 0 radical (unpaired) electrons. The molecule has 0 unspecified atom stereocenters. The Morgan fingerprint density at radius 3 is 1.90 bits per heavy atom. The summed E-state index contributed by atoms with van der Waals surface area (Å²) in [4.78, 5) is 10.0. The van der Waals surface area contributed by atoms with Crippen LogP contribution in [-0.2, 0) is 0 Å². The van der Waals surface area contributed by atoms with Gasteiger partial charge in [0.25, 0.3) is 0 Å². The number of hydrogen-bond donors (Lipinski definition) is 0. The number of pyridine rings is 2. The Hall–Kier alpha value is -6.78. The van der Waals surface area contributed by atoms with Gasteiger partial charge in [0, 0.05) is 39.2 Å². The van der Waals surface area contributed by atoms with E-state index in [1.807, 2.05) is 18.3 Å². The molecule has 0 spiro atoms. The maximum absolute atomic E-state index is 5.20. The largest absolute Gasteiger partial charge is 0.306 e. The van der Waals surface area contributed by atoms with E-state index in [-0.39, 0.29) is 0 Å². The SMILES string of the molecule is Cc1c(-c2ccc(-n3c4c5ccccc5ccc4c4c3c3ccccc3n4-c3ccccn3)cc2)cc(-c2ccccc2)nc1-c1ccccc1. The average Bonchev–Trinajstić information content (AvgIpc) is 3.72. The van der Waals surface area contributed by atoms with E-state index >= 15 is 0 Å². The number of benzene rings is 6. The normalized spacial score (nSPS) is 11.6. The summed E-state index contributed by atoms with van der Waals surface area (Å²) in [6.07, 6.45) is 1.87. The third-order valence-corrected chi connectivity index (χ3v) is 10.2. The van der Waals surface area contributed by atoms with Gasteiger partial charge in [-0.1, -0.05) is 133 Å². The van der Waals surface area contributed by atoms with Crippen LogP contribution in [0.3, 0.4) is 0 Å². The van der Waals surface area contributed by atoms with Crippen LogP contribution in [0, 0.1) is 6.92 Å². The maximum atomic E-state index is 5.20. The predicted molar refractivity (Wildman–Crippen MR) is 212 cm³/mol. The van der Waals surface area contributed by atoms with Crippen molar-refractivity contribution < 1.29 is 0 Å². The first-order valence-corrected chi connectivity index (χ1v) is 17.3. The summed E-state index contributed by atoms with van der Waals surface area (Å²) in [5.74, 6) is 0.905. The van der Waals surface area contributed by atoms with Crippen LogP contribution in [-0.4, -0.2) is 19.1 Å². The minimum absolute atomic E-state index is 0.905. The minimum atomic E-state index is 0.905. The van der Waals surface area contributed by atoms with Crippen LogP contribution in [0.1, 0.15) is 5.56 Å². The molecule has 4 heteroatoms. The van der Waals surface area contributed by atoms with E-state index in [0.717, 1.165) is 56.2 Å². The summed E-state index contributed by atoms with van der Waals surface area (Å²) in [6, 6.07) is 60.3. The lowest BCUT2D eigenvalue weighted by Gasteiger charge is -2.16. The van der Waals surface area contributed by atoms with Gasteiger partial charge in [0.05, 0.1) is 33.5 Å². The molecule has 0 N–H and O–H groups in total. The van der Waals surface area contributed by atoms with E-state index in [2.05, 4.69) is 174 Å². The monoisotopic (exact) mass is 652 g/mol. The molecule has 4 aromatic heterocycles. The first kappa shape index (κ1) is 29.2. The van der Waals surface area contributed by atoms with Gasteiger partial charge in [0.1, 0.15) is 5.82 Å². The van der Waals surface area contributed by atoms with Crippen molar-refractivity contribution in [1.29, 1.82) is 0 Å². The van der Waals surface area contributed by atoms with Crippen LogP contribution in [0.5, 0.6) is 0 Å². The van der Waals surface area contributed by atoms with Crippen LogP contribution in [0.15, 0.2) is 176 Å². The van der Waals surface area contributed by atoms with Crippen molar-refractivity contribution >= 4 is 43.6 Å². The first-order chi connectivity index (χ1) is 25.2. The second kappa shape index (κ2) is 11.7. The highest BCUT2D eigenvalue weighted by Crippen LogP contribution is 2.43. The summed E-state index contributed by atoms with van der Waals surface area (Å²) < 4.78 is 4.78. The molecule has 0 amide bonds. The van der Waals surface area contributed by atoms with Crippen LogP contribution in [0.25, 0.3) is 88.8 Å². The molecular formula is C47H32N4. The molecular weight excluding hydrogens is 621 g/mol. The highest BCUT2D eigenvalue weighted by Gasteiger charge is 2.24. The van der Waals surface area contributed by atoms with Gasteiger partial charge in [-0.05, 0) is 65.4 Å². The minimum Gasteiger partial charge on any atom is -0.306 e. The number of para-hydroxylation sites is 1. The van der Waals surface area contributed by atoms with Gasteiger partial charge in [0.2, 0.25) is 0 Å². The first-order valence-electron chi connectivity index (χ1n) is 17.3. The summed E-state index contributed by atoms with van der Waals surface area (Å²) >= 11 is 0. The number of aromatic nitrogens is 4. The van der Waals surface area contributed by atoms with Crippen molar-refractivity contribution in [3.8, 4) is 45.1 Å². The van der Waals surface area contributed by atoms with Crippen LogP contribution in [0.2, 0.25) is 0 Å². The van der Waals surface area contributed by atoms with Crippen LogP contribution in [0.4, 0.5) is 0 Å². The molecule has 0 fully saturated rings. The highest BCUT2D eigenvalue weighted by atomic mass is 15.1. The molecule has 10 aromatic rings. The molecule has 0 aliphatic heterocycles. The summed E-state index contributed by atoms with van der Waals surface area (Å²) in [5.41, 5.74) is 13.4. The number of rotatable bonds is 5. The Kier molecular flexibility index (Phi) is 6.68. The third-order valence-electron chi connectivity index (χ3n) is 10.2. The fraction of sp³-hybridized carbons (Fsp3) is 0.0213. The second-order valence-corrected chi connectivity index (χ2v) is 13.1. The van der Waals surface area contributed by atoms with E-state index in [9.17, 15) is 0 Å². The average molecular weight is 653 g/mol. The Bertz CT molecular complexity index is 2890. The molecule has 0 saturated heterocycles. The van der Waals surface area contributed by atoms with Crippen LogP contribution < -0.4 is 0 Å². The molecule has 0 aliphatic carbocycles. The number of hydrogen-bond acceptors (Lipinski definition) is 2. The van der Waals surface area contributed by atoms with Gasteiger partial charge in [-0.2, -0.15) is 0 Å².